The zero-order valence-electron chi connectivity index (χ0n) is 20.0. The van der Waals surface area contributed by atoms with E-state index in [0.717, 1.165) is 11.4 Å². The number of para-hydroxylation sites is 2. The molecule has 1 saturated heterocycles. The fourth-order valence-corrected chi connectivity index (χ4v) is 4.45. The zero-order chi connectivity index (χ0) is 25.9. The first-order valence-corrected chi connectivity index (χ1v) is 11.6. The summed E-state index contributed by atoms with van der Waals surface area (Å²) in [5.41, 5.74) is 3.00. The summed E-state index contributed by atoms with van der Waals surface area (Å²) in [6.07, 6.45) is 0. The molecule has 4 aromatic carbocycles. The molecule has 1 fully saturated rings. The van der Waals surface area contributed by atoms with E-state index in [2.05, 4.69) is 5.32 Å². The first-order valence-electron chi connectivity index (χ1n) is 11.6. The lowest BCUT2D eigenvalue weighted by Gasteiger charge is -2.26. The highest BCUT2D eigenvalue weighted by Gasteiger charge is 2.47. The number of rotatable bonds is 6. The highest BCUT2D eigenvalue weighted by molar-refractivity contribution is 6.51. The number of phenols is 1. The number of aliphatic hydroxyl groups excluding tert-OH is 1. The van der Waals surface area contributed by atoms with Gasteiger partial charge in [-0.25, -0.2) is 0 Å². The van der Waals surface area contributed by atoms with Gasteiger partial charge in [-0.15, -0.1) is 0 Å². The summed E-state index contributed by atoms with van der Waals surface area (Å²) in [5.74, 6) is -1.50. The average molecular weight is 493 g/mol. The standard InChI is InChI=1S/C30H24N2O5/c1-37-25-10-6-5-9-24(25)28(34)26-27(19-11-17-23(33)18-12-19)32(30(36)29(26)35)22-15-13-21(14-16-22)31-20-7-3-2-4-8-20/h2-18,27,31,33-34H,1H3/b28-26-. The van der Waals surface area contributed by atoms with Crippen LogP contribution < -0.4 is 15.0 Å². The van der Waals surface area contributed by atoms with Crippen molar-refractivity contribution in [3.05, 3.63) is 120 Å². The lowest BCUT2D eigenvalue weighted by atomic mass is 9.94. The monoisotopic (exact) mass is 492 g/mol. The third-order valence-corrected chi connectivity index (χ3v) is 6.22. The third-order valence-electron chi connectivity index (χ3n) is 6.22. The Hall–Kier alpha value is -5.04. The number of aromatic hydroxyl groups is 1. The van der Waals surface area contributed by atoms with Crippen molar-refractivity contribution >= 4 is 34.5 Å². The number of ketones is 1. The molecule has 37 heavy (non-hydrogen) atoms. The molecule has 7 heteroatoms. The molecule has 5 rings (SSSR count). The Morgan fingerprint density at radius 2 is 1.43 bits per heavy atom. The predicted octanol–water partition coefficient (Wildman–Crippen LogP) is 5.77. The number of nitrogens with one attached hydrogen (secondary N) is 1. The summed E-state index contributed by atoms with van der Waals surface area (Å²) in [6, 6.07) is 28.8. The van der Waals surface area contributed by atoms with Crippen molar-refractivity contribution in [3.63, 3.8) is 0 Å². The van der Waals surface area contributed by atoms with Gasteiger partial charge in [0, 0.05) is 17.1 Å². The summed E-state index contributed by atoms with van der Waals surface area (Å²) in [4.78, 5) is 28.1. The van der Waals surface area contributed by atoms with Crippen LogP contribution in [0.1, 0.15) is 17.2 Å². The topological polar surface area (TPSA) is 99.1 Å². The number of Topliss-reactive ketones (excluding diaryl/α,β-unsaturated/α-hetero) is 1. The predicted molar refractivity (Wildman–Crippen MR) is 142 cm³/mol. The van der Waals surface area contributed by atoms with E-state index in [1.165, 1.54) is 24.1 Å². The van der Waals surface area contributed by atoms with Gasteiger partial charge >= 0.3 is 0 Å². The van der Waals surface area contributed by atoms with E-state index in [1.807, 2.05) is 42.5 Å². The van der Waals surface area contributed by atoms with E-state index in [4.69, 9.17) is 4.74 Å². The quantitative estimate of drug-likeness (QED) is 0.180. The smallest absolute Gasteiger partial charge is 0.300 e. The van der Waals surface area contributed by atoms with Crippen molar-refractivity contribution in [1.29, 1.82) is 0 Å². The zero-order valence-corrected chi connectivity index (χ0v) is 20.0. The van der Waals surface area contributed by atoms with Crippen molar-refractivity contribution in [2.24, 2.45) is 0 Å². The maximum atomic E-state index is 13.4. The number of carbonyl (C=O) groups is 2. The van der Waals surface area contributed by atoms with E-state index >= 15 is 0 Å². The molecule has 1 aliphatic rings. The van der Waals surface area contributed by atoms with Crippen LogP contribution >= 0.6 is 0 Å². The van der Waals surface area contributed by atoms with E-state index in [9.17, 15) is 19.8 Å². The van der Waals surface area contributed by atoms with Crippen LogP contribution in [0.2, 0.25) is 0 Å². The van der Waals surface area contributed by atoms with Crippen LogP contribution in [0.5, 0.6) is 11.5 Å². The van der Waals surface area contributed by atoms with E-state index in [1.54, 1.807) is 48.5 Å². The summed E-state index contributed by atoms with van der Waals surface area (Å²) < 4.78 is 5.37. The van der Waals surface area contributed by atoms with E-state index in [-0.39, 0.29) is 17.1 Å². The largest absolute Gasteiger partial charge is 0.508 e. The molecule has 1 heterocycles. The highest BCUT2D eigenvalue weighted by atomic mass is 16.5. The number of phenolic OH excluding ortho intramolecular Hbond substituents is 1. The summed E-state index contributed by atoms with van der Waals surface area (Å²) in [6.45, 7) is 0. The van der Waals surface area contributed by atoms with Crippen LogP contribution in [0, 0.1) is 0 Å². The van der Waals surface area contributed by atoms with E-state index in [0.29, 0.717) is 22.6 Å². The molecule has 184 valence electrons. The number of ether oxygens (including phenoxy) is 1. The molecular weight excluding hydrogens is 468 g/mol. The molecule has 4 aromatic rings. The molecule has 1 amide bonds. The molecular formula is C30H24N2O5. The second-order valence-electron chi connectivity index (χ2n) is 8.50. The van der Waals surface area contributed by atoms with Crippen LogP contribution in [0.4, 0.5) is 17.1 Å². The van der Waals surface area contributed by atoms with Gasteiger partial charge in [-0.1, -0.05) is 42.5 Å². The van der Waals surface area contributed by atoms with Crippen LogP contribution in [-0.4, -0.2) is 29.0 Å². The summed E-state index contributed by atoms with van der Waals surface area (Å²) >= 11 is 0. The van der Waals surface area contributed by atoms with Gasteiger partial charge in [-0.05, 0) is 66.2 Å². The molecule has 1 atom stereocenters. The van der Waals surface area contributed by atoms with Gasteiger partial charge in [0.1, 0.15) is 17.3 Å². The fourth-order valence-electron chi connectivity index (χ4n) is 4.45. The number of anilines is 3. The maximum absolute atomic E-state index is 13.4. The number of nitrogens with zero attached hydrogens (tertiary/aromatic N) is 1. The Labute approximate surface area is 213 Å². The van der Waals surface area contributed by atoms with Crippen LogP contribution in [0.25, 0.3) is 5.76 Å². The second kappa shape index (κ2) is 9.91. The van der Waals surface area contributed by atoms with Crippen LogP contribution in [0.3, 0.4) is 0 Å². The second-order valence-corrected chi connectivity index (χ2v) is 8.50. The van der Waals surface area contributed by atoms with Gasteiger partial charge in [0.05, 0.1) is 24.3 Å². The molecule has 0 aromatic heterocycles. The summed E-state index contributed by atoms with van der Waals surface area (Å²) in [7, 11) is 1.47. The lowest BCUT2D eigenvalue weighted by molar-refractivity contribution is -0.132. The first kappa shape index (κ1) is 23.7. The van der Waals surface area contributed by atoms with Crippen molar-refractivity contribution < 1.29 is 24.5 Å². The minimum Gasteiger partial charge on any atom is -0.508 e. The number of methoxy groups -OCH3 is 1. The number of carbonyl (C=O) groups excluding carboxylic acids is 2. The molecule has 1 unspecified atom stereocenters. The van der Waals surface area contributed by atoms with Gasteiger partial charge in [-0.2, -0.15) is 0 Å². The number of benzene rings is 4. The SMILES string of the molecule is COc1ccccc1/C(O)=C1/C(=O)C(=O)N(c2ccc(Nc3ccccc3)cc2)C1c1ccc(O)cc1. The minimum atomic E-state index is -0.918. The van der Waals surface area contributed by atoms with E-state index < -0.39 is 17.7 Å². The molecule has 0 radical (unpaired) electrons. The molecule has 1 aliphatic heterocycles. The molecule has 7 nitrogen and oxygen atoms in total. The van der Waals surface area contributed by atoms with Crippen molar-refractivity contribution in [3.8, 4) is 11.5 Å². The Morgan fingerprint density at radius 3 is 2.11 bits per heavy atom. The van der Waals surface area contributed by atoms with Gasteiger partial charge < -0.3 is 20.3 Å². The molecule has 3 N–H and O–H groups in total. The fraction of sp³-hybridized carbons (Fsp3) is 0.0667. The Morgan fingerprint density at radius 1 is 0.811 bits per heavy atom. The van der Waals surface area contributed by atoms with Gasteiger partial charge in [0.25, 0.3) is 11.7 Å². The Kier molecular flexibility index (Phi) is 6.34. The van der Waals surface area contributed by atoms with Crippen LogP contribution in [-0.2, 0) is 9.59 Å². The number of amides is 1. The lowest BCUT2D eigenvalue weighted by Crippen LogP contribution is -2.29. The minimum absolute atomic E-state index is 0.0433. The highest BCUT2D eigenvalue weighted by Crippen LogP contribution is 2.43. The van der Waals surface area contributed by atoms with Crippen molar-refractivity contribution in [1.82, 2.24) is 0 Å². The number of hydrogen-bond acceptors (Lipinski definition) is 6. The van der Waals surface area contributed by atoms with Crippen molar-refractivity contribution in [2.45, 2.75) is 6.04 Å². The Balaban J connectivity index is 1.61. The average Bonchev–Trinajstić information content (AvgIpc) is 3.19. The summed E-state index contributed by atoms with van der Waals surface area (Å²) in [5, 5.41) is 24.4. The van der Waals surface area contributed by atoms with Gasteiger partial charge in [0.15, 0.2) is 0 Å². The number of hydrogen-bond donors (Lipinski definition) is 3. The first-order chi connectivity index (χ1) is 18.0. The van der Waals surface area contributed by atoms with Gasteiger partial charge in [0.2, 0.25) is 0 Å². The van der Waals surface area contributed by atoms with Gasteiger partial charge in [-0.3, -0.25) is 14.5 Å². The molecule has 0 aliphatic carbocycles. The van der Waals surface area contributed by atoms with Crippen molar-refractivity contribution in [2.75, 3.05) is 17.3 Å². The Bertz CT molecular complexity index is 1480. The molecule has 0 bridgehead atoms. The number of aliphatic hydroxyl groups is 1. The molecule has 0 saturated carbocycles. The van der Waals surface area contributed by atoms with Crippen LogP contribution in [0.15, 0.2) is 109 Å². The molecule has 0 spiro atoms. The normalized spacial score (nSPS) is 16.6. The maximum Gasteiger partial charge on any atom is 0.300 e. The third kappa shape index (κ3) is 4.50.